The second-order valence-corrected chi connectivity index (χ2v) is 6.23. The Morgan fingerprint density at radius 3 is 2.48 bits per heavy atom. The van der Waals surface area contributed by atoms with Crippen LogP contribution in [0, 0.1) is 0 Å². The van der Waals surface area contributed by atoms with Crippen molar-refractivity contribution in [2.24, 2.45) is 0 Å². The predicted molar refractivity (Wildman–Crippen MR) is 89.3 cm³/mol. The summed E-state index contributed by atoms with van der Waals surface area (Å²) < 4.78 is 2.31. The van der Waals surface area contributed by atoms with Gasteiger partial charge in [-0.05, 0) is 22.6 Å². The summed E-state index contributed by atoms with van der Waals surface area (Å²) in [6, 6.07) is 14.6. The zero-order valence-electron chi connectivity index (χ0n) is 12.3. The summed E-state index contributed by atoms with van der Waals surface area (Å²) in [6.07, 6.45) is 2.59. The summed E-state index contributed by atoms with van der Waals surface area (Å²) in [6.45, 7) is 3.61. The van der Waals surface area contributed by atoms with Gasteiger partial charge in [0.15, 0.2) is 0 Å². The molecule has 3 rings (SSSR count). The maximum Gasteiger partial charge on any atom is 0.227 e. The highest BCUT2D eigenvalue weighted by molar-refractivity contribution is 7.96. The minimum Gasteiger partial charge on any atom is -0.340 e. The van der Waals surface area contributed by atoms with E-state index in [2.05, 4.69) is 40.9 Å². The van der Waals surface area contributed by atoms with Crippen LogP contribution in [-0.4, -0.2) is 47.5 Å². The molecule has 0 radical (unpaired) electrons. The Kier molecular flexibility index (Phi) is 4.46. The maximum absolute atomic E-state index is 12.4. The highest BCUT2D eigenvalue weighted by Gasteiger charge is 2.20. The van der Waals surface area contributed by atoms with Gasteiger partial charge in [-0.2, -0.15) is 0 Å². The lowest BCUT2D eigenvalue weighted by Gasteiger charge is -2.33. The average molecular weight is 300 g/mol. The summed E-state index contributed by atoms with van der Waals surface area (Å²) >= 11 is 1.76. The van der Waals surface area contributed by atoms with Crippen LogP contribution in [0.5, 0.6) is 0 Å². The molecule has 2 aromatic carbocycles. The Morgan fingerprint density at radius 1 is 1.05 bits per heavy atom. The van der Waals surface area contributed by atoms with E-state index in [4.69, 9.17) is 0 Å². The Labute approximate surface area is 130 Å². The average Bonchev–Trinajstić information content (AvgIpc) is 2.55. The van der Waals surface area contributed by atoms with E-state index in [0.717, 1.165) is 31.7 Å². The quantitative estimate of drug-likeness (QED) is 0.814. The third kappa shape index (κ3) is 3.39. The normalized spacial score (nSPS) is 16.3. The fourth-order valence-corrected chi connectivity index (χ4v) is 3.28. The number of piperazine rings is 1. The molecule has 0 aliphatic carbocycles. The number of benzene rings is 2. The van der Waals surface area contributed by atoms with Gasteiger partial charge < -0.3 is 4.90 Å². The van der Waals surface area contributed by atoms with E-state index < -0.39 is 0 Å². The zero-order chi connectivity index (χ0) is 14.7. The second-order valence-electron chi connectivity index (χ2n) is 5.35. The van der Waals surface area contributed by atoms with Gasteiger partial charge in [-0.15, -0.1) is 0 Å². The van der Waals surface area contributed by atoms with Crippen molar-refractivity contribution in [1.82, 2.24) is 9.21 Å². The minimum absolute atomic E-state index is 0.242. The van der Waals surface area contributed by atoms with Crippen LogP contribution in [-0.2, 0) is 11.2 Å². The van der Waals surface area contributed by atoms with E-state index in [1.54, 1.807) is 11.9 Å². The molecule has 110 valence electrons. The molecule has 4 heteroatoms. The SMILES string of the molecule is CSN1CCN(C(=O)Cc2ccc3ccccc3c2)CC1. The third-order valence-electron chi connectivity index (χ3n) is 4.02. The summed E-state index contributed by atoms with van der Waals surface area (Å²) in [5, 5.41) is 2.43. The van der Waals surface area contributed by atoms with Gasteiger partial charge in [-0.1, -0.05) is 54.4 Å². The van der Waals surface area contributed by atoms with Crippen molar-refractivity contribution in [3.8, 4) is 0 Å². The lowest BCUT2D eigenvalue weighted by molar-refractivity contribution is -0.131. The van der Waals surface area contributed by atoms with Crippen molar-refractivity contribution in [3.63, 3.8) is 0 Å². The van der Waals surface area contributed by atoms with Gasteiger partial charge in [-0.25, -0.2) is 4.31 Å². The van der Waals surface area contributed by atoms with Gasteiger partial charge in [0.2, 0.25) is 5.91 Å². The van der Waals surface area contributed by atoms with Crippen LogP contribution in [0.25, 0.3) is 10.8 Å². The van der Waals surface area contributed by atoms with Crippen LogP contribution in [0.1, 0.15) is 5.56 Å². The standard InChI is InChI=1S/C17H20N2OS/c1-21-19-10-8-18(9-11-19)17(20)13-14-6-7-15-4-2-3-5-16(15)12-14/h2-7,12H,8-11,13H2,1H3. The molecule has 1 fully saturated rings. The Bertz CT molecular complexity index is 635. The van der Waals surface area contributed by atoms with Gasteiger partial charge in [0.1, 0.15) is 0 Å². The monoisotopic (exact) mass is 300 g/mol. The van der Waals surface area contributed by atoms with Crippen molar-refractivity contribution >= 4 is 28.6 Å². The number of hydrogen-bond acceptors (Lipinski definition) is 3. The number of carbonyl (C=O) groups is 1. The summed E-state index contributed by atoms with van der Waals surface area (Å²) in [7, 11) is 0. The Morgan fingerprint density at radius 2 is 1.76 bits per heavy atom. The van der Waals surface area contributed by atoms with Gasteiger partial charge in [0, 0.05) is 26.2 Å². The van der Waals surface area contributed by atoms with Crippen LogP contribution in [0.15, 0.2) is 42.5 Å². The molecule has 1 heterocycles. The number of hydrogen-bond donors (Lipinski definition) is 0. The molecule has 0 atom stereocenters. The highest BCUT2D eigenvalue weighted by Crippen LogP contribution is 2.17. The van der Waals surface area contributed by atoms with Gasteiger partial charge in [0.05, 0.1) is 6.42 Å². The summed E-state index contributed by atoms with van der Waals surface area (Å²) in [4.78, 5) is 14.4. The second kappa shape index (κ2) is 6.50. The molecule has 0 saturated carbocycles. The number of nitrogens with zero attached hydrogens (tertiary/aromatic N) is 2. The molecule has 1 amide bonds. The number of fused-ring (bicyclic) bond motifs is 1. The van der Waals surface area contributed by atoms with Crippen molar-refractivity contribution in [1.29, 1.82) is 0 Å². The lowest BCUT2D eigenvalue weighted by atomic mass is 10.0. The fourth-order valence-electron chi connectivity index (χ4n) is 2.76. The molecule has 1 aliphatic heterocycles. The van der Waals surface area contributed by atoms with Crippen molar-refractivity contribution in [2.75, 3.05) is 32.4 Å². The Balaban J connectivity index is 1.66. The first-order chi connectivity index (χ1) is 10.3. The van der Waals surface area contributed by atoms with Crippen LogP contribution < -0.4 is 0 Å². The molecule has 1 saturated heterocycles. The zero-order valence-corrected chi connectivity index (χ0v) is 13.1. The van der Waals surface area contributed by atoms with Crippen LogP contribution in [0.2, 0.25) is 0 Å². The topological polar surface area (TPSA) is 23.6 Å². The lowest BCUT2D eigenvalue weighted by Crippen LogP contribution is -2.46. The van der Waals surface area contributed by atoms with Crippen LogP contribution in [0.4, 0.5) is 0 Å². The first kappa shape index (κ1) is 14.4. The molecule has 0 bridgehead atoms. The first-order valence-electron chi connectivity index (χ1n) is 7.31. The molecule has 2 aromatic rings. The first-order valence-corrected chi connectivity index (χ1v) is 8.49. The third-order valence-corrected chi connectivity index (χ3v) is 4.90. The molecule has 21 heavy (non-hydrogen) atoms. The Hall–Kier alpha value is -1.52. The molecular weight excluding hydrogens is 280 g/mol. The van der Waals surface area contributed by atoms with E-state index in [1.807, 2.05) is 17.0 Å². The van der Waals surface area contributed by atoms with E-state index >= 15 is 0 Å². The van der Waals surface area contributed by atoms with E-state index in [0.29, 0.717) is 6.42 Å². The molecule has 0 spiro atoms. The highest BCUT2D eigenvalue weighted by atomic mass is 32.2. The molecule has 0 aromatic heterocycles. The molecule has 3 nitrogen and oxygen atoms in total. The van der Waals surface area contributed by atoms with Gasteiger partial charge in [0.25, 0.3) is 0 Å². The van der Waals surface area contributed by atoms with Gasteiger partial charge >= 0.3 is 0 Å². The summed E-state index contributed by atoms with van der Waals surface area (Å²) in [5.74, 6) is 0.242. The van der Waals surface area contributed by atoms with Gasteiger partial charge in [-0.3, -0.25) is 4.79 Å². The number of amides is 1. The van der Waals surface area contributed by atoms with Crippen molar-refractivity contribution in [2.45, 2.75) is 6.42 Å². The molecule has 0 unspecified atom stereocenters. The van der Waals surface area contributed by atoms with Crippen molar-refractivity contribution in [3.05, 3.63) is 48.0 Å². The largest absolute Gasteiger partial charge is 0.340 e. The van der Waals surface area contributed by atoms with E-state index in [1.165, 1.54) is 10.8 Å². The molecule has 0 N–H and O–H groups in total. The fraction of sp³-hybridized carbons (Fsp3) is 0.353. The van der Waals surface area contributed by atoms with Crippen LogP contribution in [0.3, 0.4) is 0 Å². The van der Waals surface area contributed by atoms with E-state index in [9.17, 15) is 4.79 Å². The van der Waals surface area contributed by atoms with Crippen LogP contribution >= 0.6 is 11.9 Å². The number of rotatable bonds is 3. The summed E-state index contributed by atoms with van der Waals surface area (Å²) in [5.41, 5.74) is 1.10. The maximum atomic E-state index is 12.4. The minimum atomic E-state index is 0.242. The smallest absolute Gasteiger partial charge is 0.227 e. The predicted octanol–water partition coefficient (Wildman–Crippen LogP) is 2.80. The van der Waals surface area contributed by atoms with Crippen molar-refractivity contribution < 1.29 is 4.79 Å². The number of carbonyl (C=O) groups excluding carboxylic acids is 1. The van der Waals surface area contributed by atoms with E-state index in [-0.39, 0.29) is 5.91 Å². The molecular formula is C17H20N2OS. The molecule has 1 aliphatic rings.